The van der Waals surface area contributed by atoms with Crippen LogP contribution in [0.5, 0.6) is 6.08 Å². The Kier molecular flexibility index (Phi) is 3.60. The fourth-order valence-electron chi connectivity index (χ4n) is 1.85. The summed E-state index contributed by atoms with van der Waals surface area (Å²) in [5, 5.41) is 13.7. The summed E-state index contributed by atoms with van der Waals surface area (Å²) in [6.45, 7) is 1.20. The molecule has 0 amide bonds. The lowest BCUT2D eigenvalue weighted by Gasteiger charge is -2.38. The van der Waals surface area contributed by atoms with E-state index in [-0.39, 0.29) is 24.7 Å². The zero-order chi connectivity index (χ0) is 14.0. The second-order valence-electron chi connectivity index (χ2n) is 4.80. The molecule has 6 nitrogen and oxygen atoms in total. The summed E-state index contributed by atoms with van der Waals surface area (Å²) >= 11 is 6.06. The molecule has 1 aliphatic heterocycles. The van der Waals surface area contributed by atoms with E-state index in [0.29, 0.717) is 29.6 Å². The summed E-state index contributed by atoms with van der Waals surface area (Å²) in [5.74, 6) is 0.369. The van der Waals surface area contributed by atoms with Gasteiger partial charge in [0.2, 0.25) is 5.82 Å². The number of halogens is 1. The van der Waals surface area contributed by atoms with Crippen LogP contribution in [0.2, 0.25) is 5.02 Å². The Labute approximate surface area is 120 Å². The molecule has 3 rings (SSSR count). The van der Waals surface area contributed by atoms with Gasteiger partial charge in [-0.25, -0.2) is 0 Å². The standard InChI is InChI=1S/C13H13ClN2O4/c14-10-4-2-1-3-9(10)11-15-12(20-16-11)19-8-13(5-17)6-18-7-13/h1-4,17H,5-8H2. The number of aliphatic hydroxyl groups is 1. The van der Waals surface area contributed by atoms with Gasteiger partial charge in [0.05, 0.1) is 30.3 Å². The molecule has 7 heteroatoms. The maximum Gasteiger partial charge on any atom is 0.417 e. The molecule has 1 aliphatic rings. The average molecular weight is 297 g/mol. The third-order valence-electron chi connectivity index (χ3n) is 3.18. The van der Waals surface area contributed by atoms with E-state index in [9.17, 15) is 5.11 Å². The van der Waals surface area contributed by atoms with Gasteiger partial charge in [-0.2, -0.15) is 4.98 Å². The molecular formula is C13H13ClN2O4. The highest BCUT2D eigenvalue weighted by atomic mass is 35.5. The second-order valence-corrected chi connectivity index (χ2v) is 5.21. The van der Waals surface area contributed by atoms with E-state index < -0.39 is 0 Å². The lowest BCUT2D eigenvalue weighted by molar-refractivity contribution is -0.156. The molecule has 20 heavy (non-hydrogen) atoms. The molecule has 1 fully saturated rings. The van der Waals surface area contributed by atoms with Crippen molar-refractivity contribution in [3.8, 4) is 17.5 Å². The van der Waals surface area contributed by atoms with Crippen LogP contribution in [0.25, 0.3) is 11.4 Å². The Bertz CT molecular complexity index is 592. The minimum atomic E-state index is -0.362. The maximum absolute atomic E-state index is 9.29. The van der Waals surface area contributed by atoms with Crippen molar-refractivity contribution in [1.82, 2.24) is 10.1 Å². The van der Waals surface area contributed by atoms with Crippen LogP contribution in [-0.2, 0) is 4.74 Å². The predicted molar refractivity (Wildman–Crippen MR) is 70.6 cm³/mol. The molecule has 0 bridgehead atoms. The van der Waals surface area contributed by atoms with Crippen molar-refractivity contribution in [2.45, 2.75) is 0 Å². The number of benzene rings is 1. The average Bonchev–Trinajstić information content (AvgIpc) is 2.87. The molecule has 1 saturated heterocycles. The highest BCUT2D eigenvalue weighted by Gasteiger charge is 2.39. The van der Waals surface area contributed by atoms with Crippen LogP contribution < -0.4 is 4.74 Å². The monoisotopic (exact) mass is 296 g/mol. The minimum Gasteiger partial charge on any atom is -0.448 e. The zero-order valence-corrected chi connectivity index (χ0v) is 11.3. The van der Waals surface area contributed by atoms with Crippen molar-refractivity contribution < 1.29 is 19.1 Å². The van der Waals surface area contributed by atoms with Gasteiger partial charge in [-0.3, -0.25) is 4.52 Å². The SMILES string of the molecule is OCC1(COc2nc(-c3ccccc3Cl)no2)COC1. The summed E-state index contributed by atoms with van der Waals surface area (Å²) in [6, 6.07) is 7.21. The summed E-state index contributed by atoms with van der Waals surface area (Å²) in [6.07, 6.45) is 0.0552. The first-order chi connectivity index (χ1) is 9.72. The molecule has 0 aliphatic carbocycles. The van der Waals surface area contributed by atoms with Crippen LogP contribution in [0.3, 0.4) is 0 Å². The summed E-state index contributed by atoms with van der Waals surface area (Å²) in [5.41, 5.74) is 0.315. The summed E-state index contributed by atoms with van der Waals surface area (Å²) in [4.78, 5) is 4.13. The smallest absolute Gasteiger partial charge is 0.417 e. The minimum absolute atomic E-state index is 0.00148. The number of hydrogen-bond donors (Lipinski definition) is 1. The number of aliphatic hydroxyl groups excluding tert-OH is 1. The van der Waals surface area contributed by atoms with E-state index in [2.05, 4.69) is 10.1 Å². The Morgan fingerprint density at radius 3 is 2.80 bits per heavy atom. The summed E-state index contributed by atoms with van der Waals surface area (Å²) in [7, 11) is 0. The Morgan fingerprint density at radius 1 is 1.35 bits per heavy atom. The Balaban J connectivity index is 1.70. The number of ether oxygens (including phenoxy) is 2. The van der Waals surface area contributed by atoms with Gasteiger partial charge in [-0.15, -0.1) is 0 Å². The van der Waals surface area contributed by atoms with Crippen LogP contribution in [0.15, 0.2) is 28.8 Å². The lowest BCUT2D eigenvalue weighted by Crippen LogP contribution is -2.49. The normalized spacial score (nSPS) is 16.7. The van der Waals surface area contributed by atoms with Crippen LogP contribution in [0.1, 0.15) is 0 Å². The third-order valence-corrected chi connectivity index (χ3v) is 3.51. The molecule has 0 saturated carbocycles. The van der Waals surface area contributed by atoms with Crippen molar-refractivity contribution in [3.63, 3.8) is 0 Å². The highest BCUT2D eigenvalue weighted by Crippen LogP contribution is 2.29. The van der Waals surface area contributed by atoms with Gasteiger partial charge >= 0.3 is 6.08 Å². The first-order valence-electron chi connectivity index (χ1n) is 6.12. The van der Waals surface area contributed by atoms with Gasteiger partial charge in [0, 0.05) is 5.56 Å². The quantitative estimate of drug-likeness (QED) is 0.906. The topological polar surface area (TPSA) is 77.6 Å². The number of hydrogen-bond acceptors (Lipinski definition) is 6. The van der Waals surface area contributed by atoms with Crippen LogP contribution in [0, 0.1) is 5.41 Å². The fourth-order valence-corrected chi connectivity index (χ4v) is 2.07. The molecule has 0 spiro atoms. The fraction of sp³-hybridized carbons (Fsp3) is 0.385. The number of nitrogens with zero attached hydrogens (tertiary/aromatic N) is 2. The number of aromatic nitrogens is 2. The largest absolute Gasteiger partial charge is 0.448 e. The molecule has 0 radical (unpaired) electrons. The van der Waals surface area contributed by atoms with Gasteiger partial charge in [0.15, 0.2) is 0 Å². The molecular weight excluding hydrogens is 284 g/mol. The van der Waals surface area contributed by atoms with Gasteiger partial charge < -0.3 is 14.6 Å². The Hall–Kier alpha value is -1.63. The van der Waals surface area contributed by atoms with E-state index in [0.717, 1.165) is 0 Å². The van der Waals surface area contributed by atoms with E-state index in [1.807, 2.05) is 12.1 Å². The van der Waals surface area contributed by atoms with E-state index in [1.165, 1.54) is 0 Å². The van der Waals surface area contributed by atoms with Crippen molar-refractivity contribution in [2.75, 3.05) is 26.4 Å². The third kappa shape index (κ3) is 2.49. The van der Waals surface area contributed by atoms with E-state index >= 15 is 0 Å². The molecule has 2 aromatic rings. The van der Waals surface area contributed by atoms with Gasteiger partial charge in [0.1, 0.15) is 6.61 Å². The molecule has 1 N–H and O–H groups in total. The van der Waals surface area contributed by atoms with Crippen molar-refractivity contribution >= 4 is 11.6 Å². The van der Waals surface area contributed by atoms with Crippen molar-refractivity contribution in [3.05, 3.63) is 29.3 Å². The first-order valence-corrected chi connectivity index (χ1v) is 6.50. The molecule has 1 aromatic carbocycles. The van der Waals surface area contributed by atoms with Crippen LogP contribution >= 0.6 is 11.6 Å². The van der Waals surface area contributed by atoms with Crippen LogP contribution in [0.4, 0.5) is 0 Å². The summed E-state index contributed by atoms with van der Waals surface area (Å²) < 4.78 is 15.5. The second kappa shape index (κ2) is 5.40. The first kappa shape index (κ1) is 13.4. The molecule has 0 atom stereocenters. The van der Waals surface area contributed by atoms with Crippen molar-refractivity contribution in [1.29, 1.82) is 0 Å². The molecule has 0 unspecified atom stereocenters. The predicted octanol–water partition coefficient (Wildman–Crippen LogP) is 1.78. The van der Waals surface area contributed by atoms with Crippen LogP contribution in [-0.4, -0.2) is 41.7 Å². The van der Waals surface area contributed by atoms with Gasteiger partial charge in [0.25, 0.3) is 0 Å². The Morgan fingerprint density at radius 2 is 2.15 bits per heavy atom. The molecule has 2 heterocycles. The number of rotatable bonds is 5. The highest BCUT2D eigenvalue weighted by molar-refractivity contribution is 6.33. The maximum atomic E-state index is 9.29. The van der Waals surface area contributed by atoms with Gasteiger partial charge in [-0.05, 0) is 12.1 Å². The molecule has 106 valence electrons. The lowest BCUT2D eigenvalue weighted by atomic mass is 9.88. The van der Waals surface area contributed by atoms with Gasteiger partial charge in [-0.1, -0.05) is 28.9 Å². The van der Waals surface area contributed by atoms with E-state index in [1.54, 1.807) is 12.1 Å². The molecule has 1 aromatic heterocycles. The zero-order valence-electron chi connectivity index (χ0n) is 10.6. The van der Waals surface area contributed by atoms with E-state index in [4.69, 9.17) is 25.6 Å². The van der Waals surface area contributed by atoms with Crippen molar-refractivity contribution in [2.24, 2.45) is 5.41 Å².